The van der Waals surface area contributed by atoms with Crippen molar-refractivity contribution in [1.29, 1.82) is 0 Å². The van der Waals surface area contributed by atoms with E-state index < -0.39 is 29.8 Å². The topological polar surface area (TPSA) is 107 Å². The molecule has 6 heteroatoms. The van der Waals surface area contributed by atoms with Gasteiger partial charge < -0.3 is 20.6 Å². The van der Waals surface area contributed by atoms with Crippen LogP contribution in [0.15, 0.2) is 23.6 Å². The molecule has 0 saturated heterocycles. The van der Waals surface area contributed by atoms with Gasteiger partial charge in [0.05, 0.1) is 12.3 Å². The fraction of sp³-hybridized carbons (Fsp3) is 0.500. The molecular formula is C12H17NO5. The van der Waals surface area contributed by atoms with E-state index in [0.29, 0.717) is 5.70 Å². The van der Waals surface area contributed by atoms with Crippen LogP contribution in [0.3, 0.4) is 0 Å². The van der Waals surface area contributed by atoms with Gasteiger partial charge in [0.25, 0.3) is 0 Å². The summed E-state index contributed by atoms with van der Waals surface area (Å²) in [7, 11) is 0. The molecule has 0 amide bonds. The predicted molar refractivity (Wildman–Crippen MR) is 64.0 cm³/mol. The Labute approximate surface area is 105 Å². The van der Waals surface area contributed by atoms with Crippen molar-refractivity contribution in [2.75, 3.05) is 0 Å². The summed E-state index contributed by atoms with van der Waals surface area (Å²) in [5.74, 6) is -3.84. The maximum Gasteiger partial charge on any atom is 0.309 e. The van der Waals surface area contributed by atoms with Gasteiger partial charge in [-0.3, -0.25) is 9.59 Å². The van der Waals surface area contributed by atoms with E-state index in [4.69, 9.17) is 5.11 Å². The first-order valence-corrected chi connectivity index (χ1v) is 5.64. The number of aliphatic hydroxyl groups excluding tert-OH is 1. The fourth-order valence-electron chi connectivity index (χ4n) is 2.24. The number of dihydropyridines is 1. The van der Waals surface area contributed by atoms with Crippen LogP contribution < -0.4 is 5.32 Å². The van der Waals surface area contributed by atoms with Gasteiger partial charge in [-0.15, -0.1) is 0 Å². The minimum atomic E-state index is -1.26. The summed E-state index contributed by atoms with van der Waals surface area (Å²) in [5.41, 5.74) is -0.574. The molecule has 0 radical (unpaired) electrons. The van der Waals surface area contributed by atoms with Crippen LogP contribution in [-0.4, -0.2) is 32.8 Å². The van der Waals surface area contributed by atoms with Crippen molar-refractivity contribution >= 4 is 11.9 Å². The second kappa shape index (κ2) is 5.12. The zero-order chi connectivity index (χ0) is 13.9. The average Bonchev–Trinajstić information content (AvgIpc) is 2.29. The van der Waals surface area contributed by atoms with Crippen molar-refractivity contribution in [1.82, 2.24) is 5.32 Å². The highest BCUT2D eigenvalue weighted by molar-refractivity contribution is 5.80. The first-order valence-electron chi connectivity index (χ1n) is 5.64. The number of hydrogen-bond donors (Lipinski definition) is 4. The number of carboxylic acid groups (broad SMARTS) is 2. The van der Waals surface area contributed by atoms with Crippen LogP contribution in [0.25, 0.3) is 0 Å². The lowest BCUT2D eigenvalue weighted by atomic mass is 9.76. The Morgan fingerprint density at radius 2 is 2.00 bits per heavy atom. The lowest BCUT2D eigenvalue weighted by Gasteiger charge is -2.40. The monoisotopic (exact) mass is 255 g/mol. The summed E-state index contributed by atoms with van der Waals surface area (Å²) in [4.78, 5) is 22.1. The minimum Gasteiger partial charge on any atom is -0.510 e. The van der Waals surface area contributed by atoms with Crippen LogP contribution >= 0.6 is 0 Å². The molecule has 0 spiro atoms. The van der Waals surface area contributed by atoms with Gasteiger partial charge in [0.2, 0.25) is 0 Å². The van der Waals surface area contributed by atoms with Crippen molar-refractivity contribution in [3.8, 4) is 0 Å². The van der Waals surface area contributed by atoms with Gasteiger partial charge in [-0.2, -0.15) is 0 Å². The van der Waals surface area contributed by atoms with Gasteiger partial charge in [0.15, 0.2) is 0 Å². The molecule has 2 atom stereocenters. The summed E-state index contributed by atoms with van der Waals surface area (Å²) in [6.45, 7) is 3.43. The predicted octanol–water partition coefficient (Wildman–Crippen LogP) is 1.26. The van der Waals surface area contributed by atoms with Crippen molar-refractivity contribution in [3.63, 3.8) is 0 Å². The second-order valence-corrected chi connectivity index (χ2v) is 4.34. The van der Waals surface area contributed by atoms with Crippen molar-refractivity contribution < 1.29 is 24.9 Å². The van der Waals surface area contributed by atoms with Crippen molar-refractivity contribution in [2.24, 2.45) is 5.92 Å². The maximum atomic E-state index is 11.3. The van der Waals surface area contributed by atoms with E-state index in [1.54, 1.807) is 19.9 Å². The first-order chi connectivity index (χ1) is 8.33. The summed E-state index contributed by atoms with van der Waals surface area (Å²) in [5, 5.41) is 30.9. The Balaban J connectivity index is 3.20. The smallest absolute Gasteiger partial charge is 0.309 e. The number of rotatable bonds is 5. The van der Waals surface area contributed by atoms with Gasteiger partial charge in [-0.25, -0.2) is 0 Å². The SMILES string of the molecule is CC[C@]1([C@H](CC(=O)O)C(=O)O)NC(C)=CC=C1O. The lowest BCUT2D eigenvalue weighted by Crippen LogP contribution is -2.56. The molecule has 100 valence electrons. The highest BCUT2D eigenvalue weighted by atomic mass is 16.4. The van der Waals surface area contributed by atoms with Crippen LogP contribution in [0.5, 0.6) is 0 Å². The van der Waals surface area contributed by atoms with Gasteiger partial charge >= 0.3 is 11.9 Å². The minimum absolute atomic E-state index is 0.149. The van der Waals surface area contributed by atoms with E-state index in [2.05, 4.69) is 5.32 Å². The largest absolute Gasteiger partial charge is 0.510 e. The number of aliphatic hydroxyl groups is 1. The van der Waals surface area contributed by atoms with Crippen LogP contribution in [0.4, 0.5) is 0 Å². The molecule has 0 unspecified atom stereocenters. The summed E-state index contributed by atoms with van der Waals surface area (Å²) >= 11 is 0. The zero-order valence-corrected chi connectivity index (χ0v) is 10.3. The first kappa shape index (κ1) is 14.1. The van der Waals surface area contributed by atoms with Gasteiger partial charge in [0.1, 0.15) is 11.3 Å². The summed E-state index contributed by atoms with van der Waals surface area (Å²) in [6, 6.07) is 0. The molecule has 0 aliphatic carbocycles. The molecule has 4 N–H and O–H groups in total. The quantitative estimate of drug-likeness (QED) is 0.589. The lowest BCUT2D eigenvalue weighted by molar-refractivity contribution is -0.151. The van der Waals surface area contributed by atoms with E-state index in [1.807, 2.05) is 0 Å². The third-order valence-corrected chi connectivity index (χ3v) is 3.20. The molecule has 0 aromatic heterocycles. The molecule has 6 nitrogen and oxygen atoms in total. The Bertz CT molecular complexity index is 426. The molecule has 1 rings (SSSR count). The van der Waals surface area contributed by atoms with Gasteiger partial charge in [0, 0.05) is 5.70 Å². The van der Waals surface area contributed by atoms with Crippen molar-refractivity contribution in [2.45, 2.75) is 32.2 Å². The van der Waals surface area contributed by atoms with Gasteiger partial charge in [-0.05, 0) is 25.5 Å². The number of carbonyl (C=O) groups is 2. The molecule has 1 aliphatic heterocycles. The van der Waals surface area contributed by atoms with Crippen LogP contribution in [0.1, 0.15) is 26.7 Å². The van der Waals surface area contributed by atoms with E-state index >= 15 is 0 Å². The number of hydrogen-bond acceptors (Lipinski definition) is 4. The number of carboxylic acids is 2. The molecule has 0 aromatic rings. The standard InChI is InChI=1S/C12H17NO5/c1-3-12(8(11(17)18)6-10(15)16)9(14)5-4-7(2)13-12/h4-5,8,13-14H,3,6H2,1-2H3,(H,15,16)(H,17,18)/t8-,12-/m1/s1. The molecular weight excluding hydrogens is 238 g/mol. The Morgan fingerprint density at radius 1 is 1.39 bits per heavy atom. The average molecular weight is 255 g/mol. The highest BCUT2D eigenvalue weighted by Crippen LogP contribution is 2.34. The molecule has 0 saturated carbocycles. The zero-order valence-electron chi connectivity index (χ0n) is 10.3. The van der Waals surface area contributed by atoms with Crippen LogP contribution in [0.2, 0.25) is 0 Å². The fourth-order valence-corrected chi connectivity index (χ4v) is 2.24. The summed E-state index contributed by atoms with van der Waals surface area (Å²) < 4.78 is 0. The van der Waals surface area contributed by atoms with E-state index in [-0.39, 0.29) is 12.2 Å². The third kappa shape index (κ3) is 2.47. The third-order valence-electron chi connectivity index (χ3n) is 3.20. The second-order valence-electron chi connectivity index (χ2n) is 4.34. The van der Waals surface area contributed by atoms with E-state index in [0.717, 1.165) is 0 Å². The number of allylic oxidation sites excluding steroid dienone is 3. The van der Waals surface area contributed by atoms with Gasteiger partial charge in [-0.1, -0.05) is 6.92 Å². The molecule has 0 bridgehead atoms. The molecule has 0 fully saturated rings. The van der Waals surface area contributed by atoms with E-state index in [9.17, 15) is 19.8 Å². The van der Waals surface area contributed by atoms with Crippen molar-refractivity contribution in [3.05, 3.63) is 23.6 Å². The van der Waals surface area contributed by atoms with Crippen LogP contribution in [-0.2, 0) is 9.59 Å². The highest BCUT2D eigenvalue weighted by Gasteiger charge is 2.47. The number of aliphatic carboxylic acids is 2. The molecule has 18 heavy (non-hydrogen) atoms. The Morgan fingerprint density at radius 3 is 2.44 bits per heavy atom. The number of nitrogens with one attached hydrogen (secondary N) is 1. The van der Waals surface area contributed by atoms with E-state index in [1.165, 1.54) is 6.08 Å². The molecule has 1 heterocycles. The Hall–Kier alpha value is -1.98. The summed E-state index contributed by atoms with van der Waals surface area (Å²) in [6.07, 6.45) is 2.74. The maximum absolute atomic E-state index is 11.3. The molecule has 0 aromatic carbocycles. The van der Waals surface area contributed by atoms with Crippen LogP contribution in [0, 0.1) is 5.92 Å². The molecule has 1 aliphatic rings. The Kier molecular flexibility index (Phi) is 4.00. The normalized spacial score (nSPS) is 24.6.